The van der Waals surface area contributed by atoms with Crippen LogP contribution in [0.3, 0.4) is 0 Å². The number of amides is 2. The number of urea groups is 1. The molecule has 144 valence electrons. The van der Waals surface area contributed by atoms with E-state index < -0.39 is 0 Å². The number of anilines is 1. The molecule has 6 heteroatoms. The molecule has 1 aromatic carbocycles. The molecule has 1 aromatic rings. The minimum absolute atomic E-state index is 0. The van der Waals surface area contributed by atoms with Crippen molar-refractivity contribution in [1.29, 1.82) is 0 Å². The zero-order valence-electron chi connectivity index (χ0n) is 15.8. The Labute approximate surface area is 156 Å². The molecule has 2 amide bonds. The molecule has 0 bridgehead atoms. The van der Waals surface area contributed by atoms with Crippen molar-refractivity contribution in [3.05, 3.63) is 29.6 Å². The van der Waals surface area contributed by atoms with Gasteiger partial charge in [0.15, 0.2) is 0 Å². The Morgan fingerprint density at radius 1 is 1.27 bits per heavy atom. The second-order valence-corrected chi connectivity index (χ2v) is 8.22. The summed E-state index contributed by atoms with van der Waals surface area (Å²) in [6.07, 6.45) is 4.40. The Hall–Kier alpha value is -1.66. The molecule has 3 aliphatic heterocycles. The summed E-state index contributed by atoms with van der Waals surface area (Å²) in [7, 11) is 3.55. The summed E-state index contributed by atoms with van der Waals surface area (Å²) in [4.78, 5) is 18.7. The lowest BCUT2D eigenvalue weighted by molar-refractivity contribution is 0.101. The fourth-order valence-corrected chi connectivity index (χ4v) is 4.97. The van der Waals surface area contributed by atoms with Gasteiger partial charge in [0.1, 0.15) is 5.82 Å². The van der Waals surface area contributed by atoms with E-state index in [9.17, 15) is 9.18 Å². The number of nitrogens with zero attached hydrogens (tertiary/aromatic N) is 3. The monoisotopic (exact) mass is 362 g/mol. The number of fused-ring (bicyclic) bond motifs is 2. The first-order valence-corrected chi connectivity index (χ1v) is 9.74. The fraction of sp³-hybridized carbons (Fsp3) is 0.650. The first-order valence-electron chi connectivity index (χ1n) is 9.74. The first-order chi connectivity index (χ1) is 12.5. The van der Waals surface area contributed by atoms with Crippen molar-refractivity contribution in [2.24, 2.45) is 0 Å². The Bertz CT molecular complexity index is 685. The van der Waals surface area contributed by atoms with E-state index in [1.807, 2.05) is 4.90 Å². The third-order valence-electron chi connectivity index (χ3n) is 6.48. The maximum atomic E-state index is 14.0. The smallest absolute Gasteiger partial charge is 0.323 e. The van der Waals surface area contributed by atoms with Crippen LogP contribution >= 0.6 is 0 Å². The van der Waals surface area contributed by atoms with E-state index in [-0.39, 0.29) is 18.7 Å². The van der Waals surface area contributed by atoms with Crippen LogP contribution in [0.15, 0.2) is 18.2 Å². The van der Waals surface area contributed by atoms with Crippen LogP contribution in [-0.4, -0.2) is 68.7 Å². The van der Waals surface area contributed by atoms with E-state index in [0.717, 1.165) is 50.3 Å². The SMILES string of the molecule is CN(C)C(=O)N1CC2(CCN(C3CCNCC3)CC2)c2cc(F)ccc21.[HH]. The maximum absolute atomic E-state index is 14.0. The van der Waals surface area contributed by atoms with Gasteiger partial charge in [-0.1, -0.05) is 0 Å². The van der Waals surface area contributed by atoms with Gasteiger partial charge in [0.2, 0.25) is 0 Å². The van der Waals surface area contributed by atoms with Gasteiger partial charge < -0.3 is 15.1 Å². The molecule has 1 N–H and O–H groups in total. The summed E-state index contributed by atoms with van der Waals surface area (Å²) < 4.78 is 14.0. The molecule has 0 atom stereocenters. The van der Waals surface area contributed by atoms with Crippen LogP contribution in [-0.2, 0) is 5.41 Å². The number of carbonyl (C=O) groups is 1. The first kappa shape index (κ1) is 17.7. The summed E-state index contributed by atoms with van der Waals surface area (Å²) in [5.74, 6) is -0.205. The highest BCUT2D eigenvalue weighted by Crippen LogP contribution is 2.47. The number of carbonyl (C=O) groups excluding carboxylic acids is 1. The van der Waals surface area contributed by atoms with Crippen molar-refractivity contribution in [3.8, 4) is 0 Å². The summed E-state index contributed by atoms with van der Waals surface area (Å²) in [5, 5.41) is 3.43. The summed E-state index contributed by atoms with van der Waals surface area (Å²) >= 11 is 0. The Morgan fingerprint density at radius 2 is 1.96 bits per heavy atom. The lowest BCUT2D eigenvalue weighted by atomic mass is 9.74. The summed E-state index contributed by atoms with van der Waals surface area (Å²) in [6.45, 7) is 4.94. The highest BCUT2D eigenvalue weighted by molar-refractivity contribution is 5.95. The minimum atomic E-state index is -0.205. The standard InChI is InChI=1S/C20H29FN4O.H2/c1-23(2)19(26)25-14-20(17-13-15(21)3-4-18(17)25)7-11-24(12-8-20)16-5-9-22-10-6-16;/h3-4,13,16,22H,5-12,14H2,1-2H3;1H. The van der Waals surface area contributed by atoms with E-state index in [0.29, 0.717) is 12.6 Å². The molecule has 0 aromatic heterocycles. The van der Waals surface area contributed by atoms with Gasteiger partial charge in [-0.25, -0.2) is 9.18 Å². The fourth-order valence-electron chi connectivity index (χ4n) is 4.97. The average molecular weight is 362 g/mol. The molecule has 0 unspecified atom stereocenters. The van der Waals surface area contributed by atoms with E-state index in [1.165, 1.54) is 18.9 Å². The molecule has 2 fully saturated rings. The van der Waals surface area contributed by atoms with Crippen molar-refractivity contribution in [3.63, 3.8) is 0 Å². The number of piperidine rings is 2. The van der Waals surface area contributed by atoms with Crippen LogP contribution in [0.5, 0.6) is 0 Å². The van der Waals surface area contributed by atoms with E-state index >= 15 is 0 Å². The molecule has 4 rings (SSSR count). The third kappa shape index (κ3) is 2.99. The van der Waals surface area contributed by atoms with Crippen molar-refractivity contribution >= 4 is 11.7 Å². The minimum Gasteiger partial charge on any atom is -0.330 e. The molecule has 26 heavy (non-hydrogen) atoms. The molecule has 0 saturated carbocycles. The molecule has 3 aliphatic rings. The Balaban J connectivity index is 0.00000210. The van der Waals surface area contributed by atoms with Crippen molar-refractivity contribution in [2.75, 3.05) is 51.7 Å². The maximum Gasteiger partial charge on any atom is 0.323 e. The topological polar surface area (TPSA) is 38.8 Å². The number of hydrogen-bond acceptors (Lipinski definition) is 3. The zero-order chi connectivity index (χ0) is 18.3. The number of nitrogens with one attached hydrogen (secondary N) is 1. The highest BCUT2D eigenvalue weighted by Gasteiger charge is 2.47. The summed E-state index contributed by atoms with van der Waals surface area (Å²) in [5.41, 5.74) is 1.81. The second-order valence-electron chi connectivity index (χ2n) is 8.22. The van der Waals surface area contributed by atoms with Gasteiger partial charge in [0.05, 0.1) is 0 Å². The van der Waals surface area contributed by atoms with Crippen LogP contribution < -0.4 is 10.2 Å². The van der Waals surface area contributed by atoms with Crippen LogP contribution in [0, 0.1) is 5.82 Å². The lowest BCUT2D eigenvalue weighted by Crippen LogP contribution is -2.51. The van der Waals surface area contributed by atoms with Crippen molar-refractivity contribution in [2.45, 2.75) is 37.1 Å². The van der Waals surface area contributed by atoms with Gasteiger partial charge in [-0.15, -0.1) is 0 Å². The molecule has 5 nitrogen and oxygen atoms in total. The van der Waals surface area contributed by atoms with Gasteiger partial charge in [-0.3, -0.25) is 4.90 Å². The third-order valence-corrected chi connectivity index (χ3v) is 6.48. The van der Waals surface area contributed by atoms with E-state index in [1.54, 1.807) is 31.1 Å². The zero-order valence-corrected chi connectivity index (χ0v) is 15.8. The quantitative estimate of drug-likeness (QED) is 0.835. The average Bonchev–Trinajstić information content (AvgIpc) is 2.96. The molecular formula is C20H31FN4O. The van der Waals surface area contributed by atoms with Gasteiger partial charge in [-0.05, 0) is 75.6 Å². The number of benzene rings is 1. The normalized spacial score (nSPS) is 23.3. The van der Waals surface area contributed by atoms with Gasteiger partial charge in [0, 0.05) is 39.2 Å². The van der Waals surface area contributed by atoms with Crippen LogP contribution in [0.25, 0.3) is 0 Å². The molecular weight excluding hydrogens is 331 g/mol. The number of likely N-dealkylation sites (tertiary alicyclic amines) is 1. The Kier molecular flexibility index (Phi) is 4.65. The van der Waals surface area contributed by atoms with Crippen LogP contribution in [0.4, 0.5) is 14.9 Å². The number of halogens is 1. The second kappa shape index (κ2) is 6.82. The predicted octanol–water partition coefficient (Wildman–Crippen LogP) is 2.66. The molecule has 1 spiro atoms. The molecule has 3 heterocycles. The predicted molar refractivity (Wildman–Crippen MR) is 103 cm³/mol. The Morgan fingerprint density at radius 3 is 2.62 bits per heavy atom. The van der Waals surface area contributed by atoms with Crippen molar-refractivity contribution < 1.29 is 10.6 Å². The van der Waals surface area contributed by atoms with E-state index in [4.69, 9.17) is 0 Å². The molecule has 0 radical (unpaired) electrons. The number of hydrogen-bond donors (Lipinski definition) is 1. The van der Waals surface area contributed by atoms with Crippen molar-refractivity contribution in [1.82, 2.24) is 15.1 Å². The highest BCUT2D eigenvalue weighted by atomic mass is 19.1. The van der Waals surface area contributed by atoms with Crippen LogP contribution in [0.2, 0.25) is 0 Å². The molecule has 2 saturated heterocycles. The van der Waals surface area contributed by atoms with E-state index in [2.05, 4.69) is 10.2 Å². The number of rotatable bonds is 1. The largest absolute Gasteiger partial charge is 0.330 e. The lowest BCUT2D eigenvalue weighted by Gasteiger charge is -2.44. The molecule has 0 aliphatic carbocycles. The van der Waals surface area contributed by atoms with Crippen LogP contribution in [0.1, 0.15) is 32.7 Å². The summed E-state index contributed by atoms with van der Waals surface area (Å²) in [6, 6.07) is 5.56. The van der Waals surface area contributed by atoms with Gasteiger partial charge in [0.25, 0.3) is 0 Å². The van der Waals surface area contributed by atoms with Gasteiger partial charge >= 0.3 is 6.03 Å². The van der Waals surface area contributed by atoms with Gasteiger partial charge in [-0.2, -0.15) is 0 Å².